The molecule has 2 aromatic rings. The molecule has 1 aromatic heterocycles. The average Bonchev–Trinajstić information content (AvgIpc) is 2.88. The summed E-state index contributed by atoms with van der Waals surface area (Å²) in [5.41, 5.74) is 3.19. The van der Waals surface area contributed by atoms with Crippen LogP contribution in [0.25, 0.3) is 5.69 Å². The molecular weight excluding hydrogens is 312 g/mol. The molecule has 0 aliphatic heterocycles. The van der Waals surface area contributed by atoms with E-state index in [-0.39, 0.29) is 23.0 Å². The first-order valence-corrected chi connectivity index (χ1v) is 8.86. The van der Waals surface area contributed by atoms with Gasteiger partial charge >= 0.3 is 6.03 Å². The summed E-state index contributed by atoms with van der Waals surface area (Å²) in [5, 5.41) is 10.7. The molecule has 0 saturated heterocycles. The van der Waals surface area contributed by atoms with E-state index in [1.807, 2.05) is 49.8 Å². The second-order valence-corrected chi connectivity index (χ2v) is 8.74. The topological polar surface area (TPSA) is 59.0 Å². The summed E-state index contributed by atoms with van der Waals surface area (Å²) in [7, 11) is 0. The highest BCUT2D eigenvalue weighted by Crippen LogP contribution is 2.41. The monoisotopic (exact) mass is 340 g/mol. The van der Waals surface area contributed by atoms with Gasteiger partial charge in [0.2, 0.25) is 0 Å². The summed E-state index contributed by atoms with van der Waals surface area (Å²) >= 11 is 0. The molecule has 0 fully saturated rings. The van der Waals surface area contributed by atoms with E-state index in [2.05, 4.69) is 41.7 Å². The van der Waals surface area contributed by atoms with Crippen LogP contribution in [-0.4, -0.2) is 21.4 Å². The van der Waals surface area contributed by atoms with E-state index >= 15 is 0 Å². The molecule has 5 heteroatoms. The van der Waals surface area contributed by atoms with Crippen molar-refractivity contribution >= 4 is 6.03 Å². The summed E-state index contributed by atoms with van der Waals surface area (Å²) in [6.45, 7) is 10.4. The van der Waals surface area contributed by atoms with Crippen molar-refractivity contribution < 1.29 is 4.79 Å². The highest BCUT2D eigenvalue weighted by Gasteiger charge is 2.36. The Kier molecular flexibility index (Phi) is 4.35. The summed E-state index contributed by atoms with van der Waals surface area (Å²) in [4.78, 5) is 12.4. The third kappa shape index (κ3) is 4.03. The number of carbonyl (C=O) groups is 1. The smallest absolute Gasteiger partial charge is 0.315 e. The quantitative estimate of drug-likeness (QED) is 0.868. The van der Waals surface area contributed by atoms with Crippen LogP contribution in [0.5, 0.6) is 0 Å². The van der Waals surface area contributed by atoms with Gasteiger partial charge in [0.25, 0.3) is 0 Å². The summed E-state index contributed by atoms with van der Waals surface area (Å²) in [6, 6.07) is 10.00. The molecule has 1 aliphatic rings. The number of nitrogens with zero attached hydrogens (tertiary/aromatic N) is 2. The lowest BCUT2D eigenvalue weighted by atomic mass is 9.74. The Hall–Kier alpha value is -2.30. The van der Waals surface area contributed by atoms with Crippen LogP contribution in [0.1, 0.15) is 58.3 Å². The molecule has 134 valence electrons. The van der Waals surface area contributed by atoms with Crippen LogP contribution in [0.15, 0.2) is 36.5 Å². The second-order valence-electron chi connectivity index (χ2n) is 8.74. The van der Waals surface area contributed by atoms with Crippen LogP contribution in [0, 0.1) is 5.41 Å². The molecule has 5 nitrogen and oxygen atoms in total. The van der Waals surface area contributed by atoms with Crippen molar-refractivity contribution in [3.63, 3.8) is 0 Å². The van der Waals surface area contributed by atoms with Crippen molar-refractivity contribution in [2.45, 2.75) is 59.0 Å². The molecule has 0 spiro atoms. The Morgan fingerprint density at radius 3 is 2.56 bits per heavy atom. The predicted molar refractivity (Wildman–Crippen MR) is 99.8 cm³/mol. The standard InChI is InChI=1S/C20H28N4O/c1-19(2,3)23-18(25)22-16-11-20(4,5)12-17-15(16)13-21-24(17)14-9-7-6-8-10-14/h6-10,13,16H,11-12H2,1-5H3,(H2,22,23,25). The average molecular weight is 340 g/mol. The van der Waals surface area contributed by atoms with Gasteiger partial charge in [-0.15, -0.1) is 0 Å². The second kappa shape index (κ2) is 6.21. The summed E-state index contributed by atoms with van der Waals surface area (Å²) in [5.74, 6) is 0. The minimum absolute atomic E-state index is 0.0291. The third-order valence-electron chi connectivity index (χ3n) is 4.47. The Morgan fingerprint density at radius 2 is 1.92 bits per heavy atom. The molecular formula is C20H28N4O. The van der Waals surface area contributed by atoms with Gasteiger partial charge in [0.1, 0.15) is 0 Å². The van der Waals surface area contributed by atoms with Crippen LogP contribution < -0.4 is 10.6 Å². The van der Waals surface area contributed by atoms with Crippen molar-refractivity contribution in [1.82, 2.24) is 20.4 Å². The molecule has 1 unspecified atom stereocenters. The highest BCUT2D eigenvalue weighted by atomic mass is 16.2. The van der Waals surface area contributed by atoms with Crippen LogP contribution in [0.3, 0.4) is 0 Å². The van der Waals surface area contributed by atoms with Gasteiger partial charge in [-0.3, -0.25) is 0 Å². The Balaban J connectivity index is 1.91. The van der Waals surface area contributed by atoms with Gasteiger partial charge in [0.15, 0.2) is 0 Å². The SMILES string of the molecule is CC1(C)Cc2c(cnn2-c2ccccc2)C(NC(=O)NC(C)(C)C)C1. The molecule has 0 radical (unpaired) electrons. The fraction of sp³-hybridized carbons (Fsp3) is 0.500. The van der Waals surface area contributed by atoms with Crippen molar-refractivity contribution in [1.29, 1.82) is 0 Å². The van der Waals surface area contributed by atoms with E-state index in [1.165, 1.54) is 5.69 Å². The van der Waals surface area contributed by atoms with E-state index in [0.717, 1.165) is 24.1 Å². The van der Waals surface area contributed by atoms with E-state index < -0.39 is 0 Å². The van der Waals surface area contributed by atoms with E-state index in [9.17, 15) is 4.79 Å². The van der Waals surface area contributed by atoms with E-state index in [4.69, 9.17) is 0 Å². The predicted octanol–water partition coefficient (Wildman–Crippen LogP) is 3.98. The first-order valence-electron chi connectivity index (χ1n) is 8.86. The molecule has 2 amide bonds. The molecule has 3 rings (SSSR count). The highest BCUT2D eigenvalue weighted by molar-refractivity contribution is 5.75. The molecule has 25 heavy (non-hydrogen) atoms. The first-order chi connectivity index (χ1) is 11.6. The maximum Gasteiger partial charge on any atom is 0.315 e. The molecule has 2 N–H and O–H groups in total. The van der Waals surface area contributed by atoms with Gasteiger partial charge in [-0.2, -0.15) is 5.10 Å². The number of amides is 2. The maximum atomic E-state index is 12.4. The Bertz CT molecular complexity index is 756. The minimum atomic E-state index is -0.259. The van der Waals surface area contributed by atoms with Crippen LogP contribution >= 0.6 is 0 Å². The van der Waals surface area contributed by atoms with Gasteiger partial charge in [-0.05, 0) is 51.2 Å². The zero-order chi connectivity index (χ0) is 18.2. The van der Waals surface area contributed by atoms with Crippen molar-refractivity contribution in [2.24, 2.45) is 5.41 Å². The van der Waals surface area contributed by atoms with Crippen LogP contribution in [0.4, 0.5) is 4.79 Å². The summed E-state index contributed by atoms with van der Waals surface area (Å²) < 4.78 is 2.01. The number of aromatic nitrogens is 2. The molecule has 0 saturated carbocycles. The largest absolute Gasteiger partial charge is 0.334 e. The third-order valence-corrected chi connectivity index (χ3v) is 4.47. The number of rotatable bonds is 2. The first kappa shape index (κ1) is 17.5. The number of fused-ring (bicyclic) bond motifs is 1. The normalized spacial score (nSPS) is 19.2. The molecule has 1 heterocycles. The van der Waals surface area contributed by atoms with Crippen molar-refractivity contribution in [3.8, 4) is 5.69 Å². The number of para-hydroxylation sites is 1. The lowest BCUT2D eigenvalue weighted by Crippen LogP contribution is -2.48. The Labute approximate surface area is 149 Å². The minimum Gasteiger partial charge on any atom is -0.334 e. The van der Waals surface area contributed by atoms with Crippen molar-refractivity contribution in [2.75, 3.05) is 0 Å². The zero-order valence-electron chi connectivity index (χ0n) is 15.8. The van der Waals surface area contributed by atoms with Gasteiger partial charge in [0, 0.05) is 11.1 Å². The molecule has 1 aromatic carbocycles. The zero-order valence-corrected chi connectivity index (χ0v) is 15.8. The van der Waals surface area contributed by atoms with E-state index in [0.29, 0.717) is 0 Å². The maximum absolute atomic E-state index is 12.4. The number of hydrogen-bond donors (Lipinski definition) is 2. The number of carbonyl (C=O) groups excluding carboxylic acids is 1. The van der Waals surface area contributed by atoms with Gasteiger partial charge in [-0.1, -0.05) is 32.0 Å². The lowest BCUT2D eigenvalue weighted by molar-refractivity contribution is 0.213. The number of benzene rings is 1. The van der Waals surface area contributed by atoms with Gasteiger partial charge < -0.3 is 10.6 Å². The fourth-order valence-corrected chi connectivity index (χ4v) is 3.50. The number of hydrogen-bond acceptors (Lipinski definition) is 2. The fourth-order valence-electron chi connectivity index (χ4n) is 3.50. The number of nitrogens with one attached hydrogen (secondary N) is 2. The van der Waals surface area contributed by atoms with Gasteiger partial charge in [0.05, 0.1) is 23.6 Å². The molecule has 0 bridgehead atoms. The van der Waals surface area contributed by atoms with Crippen molar-refractivity contribution in [3.05, 3.63) is 47.8 Å². The van der Waals surface area contributed by atoms with Crippen LogP contribution in [0.2, 0.25) is 0 Å². The lowest BCUT2D eigenvalue weighted by Gasteiger charge is -2.36. The molecule has 1 aliphatic carbocycles. The van der Waals surface area contributed by atoms with Gasteiger partial charge in [-0.25, -0.2) is 9.48 Å². The summed E-state index contributed by atoms with van der Waals surface area (Å²) in [6.07, 6.45) is 3.74. The number of urea groups is 1. The molecule has 1 atom stereocenters. The van der Waals surface area contributed by atoms with E-state index in [1.54, 1.807) is 0 Å². The van der Waals surface area contributed by atoms with Crippen LogP contribution in [-0.2, 0) is 6.42 Å². The Morgan fingerprint density at radius 1 is 1.24 bits per heavy atom.